The predicted octanol–water partition coefficient (Wildman–Crippen LogP) is 2.78. The van der Waals surface area contributed by atoms with Gasteiger partial charge in [0.15, 0.2) is 0 Å². The number of ether oxygens (including phenoxy) is 2. The highest BCUT2D eigenvalue weighted by atomic mass is 16.5. The topological polar surface area (TPSA) is 30.5 Å². The lowest BCUT2D eigenvalue weighted by Crippen LogP contribution is -2.21. The van der Waals surface area contributed by atoms with Gasteiger partial charge in [-0.3, -0.25) is 0 Å². The second kappa shape index (κ2) is 9.92. The van der Waals surface area contributed by atoms with Gasteiger partial charge >= 0.3 is 0 Å². The van der Waals surface area contributed by atoms with Gasteiger partial charge in [-0.2, -0.15) is 0 Å². The molecule has 3 nitrogen and oxygen atoms in total. The molecular formula is C15H25NO2. The summed E-state index contributed by atoms with van der Waals surface area (Å²) < 4.78 is 11.0. The second-order valence-corrected chi connectivity index (χ2v) is 4.38. The van der Waals surface area contributed by atoms with Crippen LogP contribution < -0.4 is 10.1 Å². The van der Waals surface area contributed by atoms with E-state index in [-0.39, 0.29) is 0 Å². The normalized spacial score (nSPS) is 10.6. The minimum atomic E-state index is 0.609. The molecule has 0 aliphatic carbocycles. The van der Waals surface area contributed by atoms with Crippen molar-refractivity contribution in [2.45, 2.75) is 26.7 Å². The van der Waals surface area contributed by atoms with E-state index in [1.54, 1.807) is 0 Å². The van der Waals surface area contributed by atoms with Crippen molar-refractivity contribution in [3.8, 4) is 5.75 Å². The van der Waals surface area contributed by atoms with Crippen LogP contribution >= 0.6 is 0 Å². The van der Waals surface area contributed by atoms with E-state index >= 15 is 0 Å². The van der Waals surface area contributed by atoms with E-state index in [1.165, 1.54) is 18.4 Å². The van der Waals surface area contributed by atoms with Gasteiger partial charge in [0, 0.05) is 6.54 Å². The van der Waals surface area contributed by atoms with Gasteiger partial charge in [0.05, 0.1) is 13.2 Å². The third-order valence-electron chi connectivity index (χ3n) is 2.65. The van der Waals surface area contributed by atoms with Crippen molar-refractivity contribution in [2.24, 2.45) is 0 Å². The van der Waals surface area contributed by atoms with Gasteiger partial charge < -0.3 is 14.8 Å². The average Bonchev–Trinajstić information content (AvgIpc) is 2.39. The molecule has 0 saturated carbocycles. The Hall–Kier alpha value is -1.06. The van der Waals surface area contributed by atoms with E-state index in [0.29, 0.717) is 13.2 Å². The first kappa shape index (κ1) is 15.0. The van der Waals surface area contributed by atoms with Gasteiger partial charge in [0.2, 0.25) is 0 Å². The molecule has 0 bridgehead atoms. The molecule has 0 amide bonds. The number of unbranched alkanes of at least 4 members (excludes halogenated alkanes) is 1. The molecule has 0 heterocycles. The lowest BCUT2D eigenvalue weighted by Gasteiger charge is -2.08. The van der Waals surface area contributed by atoms with Crippen LogP contribution in [0.1, 0.15) is 25.3 Å². The molecule has 0 aliphatic rings. The first-order valence-electron chi connectivity index (χ1n) is 6.81. The number of nitrogens with one attached hydrogen (secondary N) is 1. The predicted molar refractivity (Wildman–Crippen MR) is 75.3 cm³/mol. The molecule has 0 saturated heterocycles. The monoisotopic (exact) mass is 251 g/mol. The van der Waals surface area contributed by atoms with Crippen LogP contribution in [-0.4, -0.2) is 32.9 Å². The summed E-state index contributed by atoms with van der Waals surface area (Å²) in [6, 6.07) is 8.07. The van der Waals surface area contributed by atoms with E-state index < -0.39 is 0 Å². The highest BCUT2D eigenvalue weighted by Gasteiger charge is 1.93. The molecule has 1 aromatic carbocycles. The van der Waals surface area contributed by atoms with Crippen molar-refractivity contribution in [1.82, 2.24) is 5.32 Å². The molecule has 1 aromatic rings. The first-order chi connectivity index (χ1) is 8.83. The quantitative estimate of drug-likeness (QED) is 0.649. The molecule has 102 valence electrons. The smallest absolute Gasteiger partial charge is 0.119 e. The second-order valence-electron chi connectivity index (χ2n) is 4.38. The average molecular weight is 251 g/mol. The zero-order chi connectivity index (χ0) is 13.1. The number of benzene rings is 1. The summed E-state index contributed by atoms with van der Waals surface area (Å²) in [5.41, 5.74) is 1.25. The Bertz CT molecular complexity index is 298. The highest BCUT2D eigenvalue weighted by molar-refractivity contribution is 5.26. The number of hydrogen-bond acceptors (Lipinski definition) is 3. The summed E-state index contributed by atoms with van der Waals surface area (Å²) in [6.45, 7) is 8.27. The maximum Gasteiger partial charge on any atom is 0.119 e. The molecule has 0 aliphatic heterocycles. The molecule has 3 heteroatoms. The van der Waals surface area contributed by atoms with E-state index in [9.17, 15) is 0 Å². The van der Waals surface area contributed by atoms with Crippen LogP contribution in [-0.2, 0) is 4.74 Å². The summed E-state index contributed by atoms with van der Waals surface area (Å²) in [5, 5.41) is 3.34. The molecule has 18 heavy (non-hydrogen) atoms. The number of hydrogen-bond donors (Lipinski definition) is 1. The molecule has 1 N–H and O–H groups in total. The minimum Gasteiger partial charge on any atom is -0.491 e. The number of rotatable bonds is 10. The Balaban J connectivity index is 1.91. The Morgan fingerprint density at radius 3 is 2.50 bits per heavy atom. The Labute approximate surface area is 110 Å². The van der Waals surface area contributed by atoms with Crippen LogP contribution in [0.2, 0.25) is 0 Å². The van der Waals surface area contributed by atoms with Crippen molar-refractivity contribution in [2.75, 3.05) is 32.9 Å². The summed E-state index contributed by atoms with van der Waals surface area (Å²) in [7, 11) is 0. The summed E-state index contributed by atoms with van der Waals surface area (Å²) in [5.74, 6) is 0.908. The SMILES string of the molecule is CCCCNCCOCCOc1ccc(C)cc1. The first-order valence-corrected chi connectivity index (χ1v) is 6.81. The Morgan fingerprint density at radius 2 is 1.78 bits per heavy atom. The zero-order valence-corrected chi connectivity index (χ0v) is 11.6. The van der Waals surface area contributed by atoms with Gasteiger partial charge in [0.1, 0.15) is 12.4 Å². The molecule has 0 unspecified atom stereocenters. The molecule has 0 spiro atoms. The zero-order valence-electron chi connectivity index (χ0n) is 11.6. The largest absolute Gasteiger partial charge is 0.491 e. The summed E-state index contributed by atoms with van der Waals surface area (Å²) in [6.07, 6.45) is 2.47. The maximum absolute atomic E-state index is 5.56. The van der Waals surface area contributed by atoms with Crippen LogP contribution in [0, 0.1) is 6.92 Å². The van der Waals surface area contributed by atoms with Crippen molar-refractivity contribution >= 4 is 0 Å². The Kier molecular flexibility index (Phi) is 8.26. The van der Waals surface area contributed by atoms with E-state index in [0.717, 1.165) is 25.4 Å². The third-order valence-corrected chi connectivity index (χ3v) is 2.65. The van der Waals surface area contributed by atoms with Crippen LogP contribution in [0.15, 0.2) is 24.3 Å². The van der Waals surface area contributed by atoms with E-state index in [2.05, 4.69) is 19.2 Å². The van der Waals surface area contributed by atoms with E-state index in [4.69, 9.17) is 9.47 Å². The molecule has 0 aromatic heterocycles. The lowest BCUT2D eigenvalue weighted by atomic mass is 10.2. The number of aryl methyl sites for hydroxylation is 1. The van der Waals surface area contributed by atoms with Gasteiger partial charge in [-0.1, -0.05) is 31.0 Å². The molecule has 0 radical (unpaired) electrons. The molecule has 0 fully saturated rings. The maximum atomic E-state index is 5.56. The van der Waals surface area contributed by atoms with E-state index in [1.807, 2.05) is 24.3 Å². The minimum absolute atomic E-state index is 0.609. The van der Waals surface area contributed by atoms with Gasteiger partial charge in [0.25, 0.3) is 0 Å². The highest BCUT2D eigenvalue weighted by Crippen LogP contribution is 2.10. The fraction of sp³-hybridized carbons (Fsp3) is 0.600. The summed E-state index contributed by atoms with van der Waals surface area (Å²) in [4.78, 5) is 0. The van der Waals surface area contributed by atoms with Gasteiger partial charge in [-0.05, 0) is 32.0 Å². The van der Waals surface area contributed by atoms with Crippen molar-refractivity contribution in [3.63, 3.8) is 0 Å². The Morgan fingerprint density at radius 1 is 1.00 bits per heavy atom. The third kappa shape index (κ3) is 7.30. The fourth-order valence-corrected chi connectivity index (χ4v) is 1.53. The van der Waals surface area contributed by atoms with Crippen LogP contribution in [0.5, 0.6) is 5.75 Å². The van der Waals surface area contributed by atoms with Crippen LogP contribution in [0.3, 0.4) is 0 Å². The van der Waals surface area contributed by atoms with Gasteiger partial charge in [-0.25, -0.2) is 0 Å². The summed E-state index contributed by atoms with van der Waals surface area (Å²) >= 11 is 0. The molecular weight excluding hydrogens is 226 g/mol. The van der Waals surface area contributed by atoms with Crippen molar-refractivity contribution in [1.29, 1.82) is 0 Å². The molecule has 0 atom stereocenters. The lowest BCUT2D eigenvalue weighted by molar-refractivity contribution is 0.102. The fourth-order valence-electron chi connectivity index (χ4n) is 1.53. The van der Waals surface area contributed by atoms with Crippen LogP contribution in [0.4, 0.5) is 0 Å². The van der Waals surface area contributed by atoms with Gasteiger partial charge in [-0.15, -0.1) is 0 Å². The van der Waals surface area contributed by atoms with Crippen molar-refractivity contribution in [3.05, 3.63) is 29.8 Å². The van der Waals surface area contributed by atoms with Crippen LogP contribution in [0.25, 0.3) is 0 Å². The molecule has 1 rings (SSSR count). The standard InChI is InChI=1S/C15H25NO2/c1-3-4-9-16-10-11-17-12-13-18-15-7-5-14(2)6-8-15/h5-8,16H,3-4,9-13H2,1-2H3. The van der Waals surface area contributed by atoms with Crippen molar-refractivity contribution < 1.29 is 9.47 Å².